The van der Waals surface area contributed by atoms with Gasteiger partial charge in [-0.1, -0.05) is 34.9 Å². The van der Waals surface area contributed by atoms with Crippen LogP contribution in [0.3, 0.4) is 0 Å². The molecule has 1 atom stereocenters. The first-order valence-electron chi connectivity index (χ1n) is 12.0. The van der Waals surface area contributed by atoms with Crippen LogP contribution in [0.5, 0.6) is 5.75 Å². The monoisotopic (exact) mass is 546 g/mol. The number of hydrogen-bond acceptors (Lipinski definition) is 5. The smallest absolute Gasteiger partial charge is 0.417 e. The van der Waals surface area contributed by atoms with Gasteiger partial charge < -0.3 is 20.3 Å². The van der Waals surface area contributed by atoms with Gasteiger partial charge in [-0.05, 0) is 73.4 Å². The van der Waals surface area contributed by atoms with E-state index < -0.39 is 22.4 Å². The standard InChI is InChI=1S/C28H33F3N4O2S/c1-5-38(32)26-13-11-21(17-25(26)37-4)34-27(36)19-10-12-22(20(16-19)18-33-14-15-35(2)3)23-8-6-7-9-24(23)28(29,30)31/h5-13,16-17,33H,14-15,18,32H2,1-4H3,(H,34,36). The summed E-state index contributed by atoms with van der Waals surface area (Å²) in [4.78, 5) is 16.0. The summed E-state index contributed by atoms with van der Waals surface area (Å²) in [7, 11) is 4.81. The number of alkyl halides is 3. The van der Waals surface area contributed by atoms with E-state index >= 15 is 0 Å². The number of hydrogen-bond donors (Lipinski definition) is 3. The van der Waals surface area contributed by atoms with Crippen molar-refractivity contribution in [2.45, 2.75) is 24.5 Å². The number of nitrogens with one attached hydrogen (secondary N) is 2. The average Bonchev–Trinajstić information content (AvgIpc) is 2.89. The Labute approximate surface area is 224 Å². The van der Waals surface area contributed by atoms with Crippen molar-refractivity contribution in [3.05, 3.63) is 77.4 Å². The maximum atomic E-state index is 13.8. The molecule has 6 nitrogen and oxygen atoms in total. The molecule has 38 heavy (non-hydrogen) atoms. The van der Waals surface area contributed by atoms with E-state index in [1.165, 1.54) is 25.3 Å². The predicted molar refractivity (Wildman–Crippen MR) is 150 cm³/mol. The fourth-order valence-electron chi connectivity index (χ4n) is 3.91. The maximum Gasteiger partial charge on any atom is 0.417 e. The van der Waals surface area contributed by atoms with Gasteiger partial charge in [-0.3, -0.25) is 9.93 Å². The normalized spacial score (nSPS) is 12.6. The lowest BCUT2D eigenvalue weighted by Crippen LogP contribution is -2.26. The second-order valence-corrected chi connectivity index (χ2v) is 10.5. The highest BCUT2D eigenvalue weighted by atomic mass is 32.2. The zero-order chi connectivity index (χ0) is 27.9. The maximum absolute atomic E-state index is 13.8. The van der Waals surface area contributed by atoms with Gasteiger partial charge in [0.1, 0.15) is 5.75 Å². The molecule has 0 saturated carbocycles. The Hall–Kier alpha value is -3.18. The van der Waals surface area contributed by atoms with E-state index in [0.29, 0.717) is 41.2 Å². The Balaban J connectivity index is 1.95. The quantitative estimate of drug-likeness (QED) is 0.228. The summed E-state index contributed by atoms with van der Waals surface area (Å²) >= 11 is 0. The van der Waals surface area contributed by atoms with E-state index in [0.717, 1.165) is 17.5 Å². The SMILES string of the molecule is C/C=S(\N)c1ccc(NC(=O)c2ccc(-c3ccccc3C(F)(F)F)c(CNCCN(C)C)c2)cc1OC. The minimum atomic E-state index is -4.51. The van der Waals surface area contributed by atoms with Crippen LogP contribution in [0.25, 0.3) is 11.1 Å². The van der Waals surface area contributed by atoms with Crippen LogP contribution in [0, 0.1) is 0 Å². The summed E-state index contributed by atoms with van der Waals surface area (Å²) < 4.78 is 46.7. The van der Waals surface area contributed by atoms with E-state index in [1.54, 1.807) is 36.4 Å². The third-order valence-electron chi connectivity index (χ3n) is 5.87. The number of rotatable bonds is 10. The first-order valence-corrected chi connectivity index (χ1v) is 13.3. The summed E-state index contributed by atoms with van der Waals surface area (Å²) in [6.07, 6.45) is -4.51. The average molecular weight is 547 g/mol. The van der Waals surface area contributed by atoms with Gasteiger partial charge in [0, 0.05) is 37.0 Å². The number of carbonyl (C=O) groups excluding carboxylic acids is 1. The molecule has 0 aliphatic carbocycles. The number of carbonyl (C=O) groups is 1. The molecular weight excluding hydrogens is 513 g/mol. The van der Waals surface area contributed by atoms with Crippen LogP contribution in [0.2, 0.25) is 0 Å². The van der Waals surface area contributed by atoms with E-state index in [1.807, 2.05) is 31.3 Å². The highest BCUT2D eigenvalue weighted by Gasteiger charge is 2.33. The Morgan fingerprint density at radius 1 is 1.08 bits per heavy atom. The first-order chi connectivity index (χ1) is 18.0. The highest BCUT2D eigenvalue weighted by Crippen LogP contribution is 2.38. The zero-order valence-corrected chi connectivity index (χ0v) is 22.7. The summed E-state index contributed by atoms with van der Waals surface area (Å²) in [5.74, 6) is 0.162. The molecule has 0 aliphatic rings. The van der Waals surface area contributed by atoms with E-state index in [2.05, 4.69) is 10.6 Å². The fourth-order valence-corrected chi connectivity index (χ4v) is 4.76. The van der Waals surface area contributed by atoms with Crippen LogP contribution in [0.4, 0.5) is 18.9 Å². The number of methoxy groups -OCH3 is 1. The Kier molecular flexibility index (Phi) is 10.1. The third kappa shape index (κ3) is 7.44. The molecule has 3 aromatic rings. The molecule has 0 saturated heterocycles. The lowest BCUT2D eigenvalue weighted by atomic mass is 9.93. The van der Waals surface area contributed by atoms with Crippen molar-refractivity contribution in [2.24, 2.45) is 5.14 Å². The van der Waals surface area contributed by atoms with Gasteiger partial charge in [0.2, 0.25) is 0 Å². The number of nitrogens with two attached hydrogens (primary N) is 1. The van der Waals surface area contributed by atoms with E-state index in [4.69, 9.17) is 9.88 Å². The van der Waals surface area contributed by atoms with Gasteiger partial charge in [0.15, 0.2) is 0 Å². The number of benzene rings is 3. The van der Waals surface area contributed by atoms with Crippen LogP contribution in [0.15, 0.2) is 65.6 Å². The van der Waals surface area contributed by atoms with Crippen molar-refractivity contribution in [1.82, 2.24) is 10.2 Å². The Bertz CT molecular complexity index is 1310. The molecule has 1 amide bonds. The summed E-state index contributed by atoms with van der Waals surface area (Å²) in [5, 5.41) is 14.1. The van der Waals surface area contributed by atoms with Crippen LogP contribution >= 0.6 is 10.7 Å². The first kappa shape index (κ1) is 29.4. The molecule has 0 spiro atoms. The van der Waals surface area contributed by atoms with Gasteiger partial charge in [-0.25, -0.2) is 0 Å². The van der Waals surface area contributed by atoms with Crippen LogP contribution < -0.4 is 20.5 Å². The number of ether oxygens (including phenoxy) is 1. The Morgan fingerprint density at radius 3 is 2.47 bits per heavy atom. The molecule has 3 aromatic carbocycles. The Morgan fingerprint density at radius 2 is 1.82 bits per heavy atom. The van der Waals surface area contributed by atoms with Gasteiger partial charge in [0.05, 0.1) is 17.6 Å². The second kappa shape index (κ2) is 13.1. The summed E-state index contributed by atoms with van der Waals surface area (Å²) in [5.41, 5.74) is 1.20. The zero-order valence-electron chi connectivity index (χ0n) is 21.9. The fraction of sp³-hybridized carbons (Fsp3) is 0.286. The summed E-state index contributed by atoms with van der Waals surface area (Å²) in [6, 6.07) is 15.4. The van der Waals surface area contributed by atoms with Gasteiger partial charge in [-0.2, -0.15) is 13.2 Å². The molecule has 4 N–H and O–H groups in total. The number of nitrogens with zero attached hydrogens (tertiary/aromatic N) is 1. The lowest BCUT2D eigenvalue weighted by Gasteiger charge is -2.18. The minimum Gasteiger partial charge on any atom is -0.495 e. The van der Waals surface area contributed by atoms with E-state index in [9.17, 15) is 18.0 Å². The topological polar surface area (TPSA) is 79.6 Å². The summed E-state index contributed by atoms with van der Waals surface area (Å²) in [6.45, 7) is 3.55. The predicted octanol–water partition coefficient (Wildman–Crippen LogP) is 5.61. The molecule has 0 bridgehead atoms. The minimum absolute atomic E-state index is 0.0709. The van der Waals surface area contributed by atoms with Crippen LogP contribution in [-0.2, 0) is 12.7 Å². The van der Waals surface area contributed by atoms with Crippen LogP contribution in [-0.4, -0.2) is 50.5 Å². The molecule has 10 heteroatoms. The molecule has 0 fully saturated rings. The molecule has 3 rings (SSSR count). The highest BCUT2D eigenvalue weighted by molar-refractivity contribution is 8.13. The molecule has 0 aromatic heterocycles. The van der Waals surface area contributed by atoms with Crippen molar-refractivity contribution in [1.29, 1.82) is 0 Å². The molecule has 204 valence electrons. The van der Waals surface area contributed by atoms with Gasteiger partial charge in [0.25, 0.3) is 5.91 Å². The molecule has 0 radical (unpaired) electrons. The molecule has 0 heterocycles. The number of anilines is 1. The largest absolute Gasteiger partial charge is 0.495 e. The number of halogens is 3. The van der Waals surface area contributed by atoms with Crippen molar-refractivity contribution in [3.8, 4) is 16.9 Å². The van der Waals surface area contributed by atoms with E-state index in [-0.39, 0.29) is 11.5 Å². The lowest BCUT2D eigenvalue weighted by molar-refractivity contribution is -0.137. The molecule has 1 unspecified atom stereocenters. The molecular formula is C28H33F3N4O2S. The molecule has 0 aliphatic heterocycles. The van der Waals surface area contributed by atoms with Crippen molar-refractivity contribution in [3.63, 3.8) is 0 Å². The van der Waals surface area contributed by atoms with Gasteiger partial charge >= 0.3 is 6.18 Å². The number of amides is 1. The van der Waals surface area contributed by atoms with Crippen LogP contribution in [0.1, 0.15) is 28.4 Å². The second-order valence-electron chi connectivity index (χ2n) is 8.82. The van der Waals surface area contributed by atoms with Crippen molar-refractivity contribution in [2.75, 3.05) is 39.6 Å². The third-order valence-corrected chi connectivity index (χ3v) is 7.22. The van der Waals surface area contributed by atoms with Crippen molar-refractivity contribution >= 4 is 27.6 Å². The number of likely N-dealkylation sites (N-methyl/N-ethyl adjacent to an activating group) is 1. The van der Waals surface area contributed by atoms with Crippen molar-refractivity contribution < 1.29 is 22.7 Å². The van der Waals surface area contributed by atoms with Gasteiger partial charge in [-0.15, -0.1) is 0 Å².